The number of methoxy groups -OCH3 is 1. The molecule has 0 amide bonds. The fourth-order valence-electron chi connectivity index (χ4n) is 2.06. The lowest BCUT2D eigenvalue weighted by molar-refractivity contribution is -0.386. The maximum atomic E-state index is 13.7. The van der Waals surface area contributed by atoms with Crippen LogP contribution < -0.4 is 15.2 Å². The van der Waals surface area contributed by atoms with Crippen molar-refractivity contribution in [1.29, 1.82) is 0 Å². The monoisotopic (exact) mass is 270 g/mol. The Morgan fingerprint density at radius 1 is 1.47 bits per heavy atom. The van der Waals surface area contributed by atoms with Gasteiger partial charge in [-0.1, -0.05) is 0 Å². The molecule has 2 N–H and O–H groups in total. The predicted molar refractivity (Wildman–Crippen MR) is 65.8 cm³/mol. The Labute approximate surface area is 109 Å². The first kappa shape index (κ1) is 13.5. The lowest BCUT2D eigenvalue weighted by Crippen LogP contribution is -2.37. The SMILES string of the molecule is COc1cc(OC2CC(CN)C2)c(F)cc1[N+](=O)[O-]. The summed E-state index contributed by atoms with van der Waals surface area (Å²) in [6.07, 6.45) is 1.46. The molecule has 0 bridgehead atoms. The standard InChI is InChI=1S/C12H15FN2O4/c1-18-12-5-11(9(13)4-10(12)15(16)17)19-8-2-7(3-8)6-14/h4-5,7-8H,2-3,6,14H2,1H3. The number of nitrogens with zero attached hydrogens (tertiary/aromatic N) is 1. The summed E-state index contributed by atoms with van der Waals surface area (Å²) < 4.78 is 24.0. The first-order chi connectivity index (χ1) is 9.05. The Morgan fingerprint density at radius 2 is 2.16 bits per heavy atom. The normalized spacial score (nSPS) is 21.6. The fraction of sp³-hybridized carbons (Fsp3) is 0.500. The van der Waals surface area contributed by atoms with E-state index in [0.717, 1.165) is 18.9 Å². The number of rotatable bonds is 5. The number of nitro groups is 1. The average molecular weight is 270 g/mol. The lowest BCUT2D eigenvalue weighted by atomic mass is 9.82. The smallest absolute Gasteiger partial charge is 0.314 e. The molecule has 1 saturated carbocycles. The summed E-state index contributed by atoms with van der Waals surface area (Å²) in [7, 11) is 1.29. The van der Waals surface area contributed by atoms with Gasteiger partial charge in [-0.2, -0.15) is 0 Å². The highest BCUT2D eigenvalue weighted by atomic mass is 19.1. The third-order valence-electron chi connectivity index (χ3n) is 3.25. The molecular weight excluding hydrogens is 255 g/mol. The van der Waals surface area contributed by atoms with Gasteiger partial charge in [-0.05, 0) is 25.3 Å². The molecule has 0 heterocycles. The average Bonchev–Trinajstić information content (AvgIpc) is 2.34. The third-order valence-corrected chi connectivity index (χ3v) is 3.25. The summed E-state index contributed by atoms with van der Waals surface area (Å²) in [5.74, 6) is -0.393. The van der Waals surface area contributed by atoms with E-state index < -0.39 is 16.4 Å². The predicted octanol–water partition coefficient (Wildman–Crippen LogP) is 1.86. The molecule has 0 saturated heterocycles. The molecule has 0 aromatic heterocycles. The fourth-order valence-corrected chi connectivity index (χ4v) is 2.06. The Bertz CT molecular complexity index is 489. The van der Waals surface area contributed by atoms with Crippen LogP contribution in [0.15, 0.2) is 12.1 Å². The van der Waals surface area contributed by atoms with E-state index in [4.69, 9.17) is 15.2 Å². The molecule has 0 radical (unpaired) electrons. The molecule has 0 atom stereocenters. The first-order valence-corrected chi connectivity index (χ1v) is 5.93. The second-order valence-corrected chi connectivity index (χ2v) is 4.52. The van der Waals surface area contributed by atoms with Crippen molar-refractivity contribution in [3.05, 3.63) is 28.1 Å². The number of benzene rings is 1. The summed E-state index contributed by atoms with van der Waals surface area (Å²) in [5, 5.41) is 10.7. The van der Waals surface area contributed by atoms with Gasteiger partial charge >= 0.3 is 5.69 Å². The van der Waals surface area contributed by atoms with Gasteiger partial charge in [0, 0.05) is 6.07 Å². The maximum absolute atomic E-state index is 13.7. The van der Waals surface area contributed by atoms with Gasteiger partial charge in [-0.15, -0.1) is 0 Å². The number of hydrogen-bond acceptors (Lipinski definition) is 5. The second-order valence-electron chi connectivity index (χ2n) is 4.52. The molecule has 1 fully saturated rings. The van der Waals surface area contributed by atoms with E-state index in [2.05, 4.69) is 0 Å². The van der Waals surface area contributed by atoms with Crippen LogP contribution in [0.1, 0.15) is 12.8 Å². The van der Waals surface area contributed by atoms with Gasteiger partial charge < -0.3 is 15.2 Å². The van der Waals surface area contributed by atoms with Crippen molar-refractivity contribution < 1.29 is 18.8 Å². The van der Waals surface area contributed by atoms with Crippen molar-refractivity contribution in [2.75, 3.05) is 13.7 Å². The van der Waals surface area contributed by atoms with Gasteiger partial charge in [0.25, 0.3) is 0 Å². The zero-order valence-corrected chi connectivity index (χ0v) is 10.5. The molecule has 104 valence electrons. The van der Waals surface area contributed by atoms with Crippen molar-refractivity contribution in [3.8, 4) is 11.5 Å². The van der Waals surface area contributed by atoms with Crippen LogP contribution in [0.3, 0.4) is 0 Å². The molecule has 2 rings (SSSR count). The maximum Gasteiger partial charge on any atom is 0.314 e. The molecule has 6 nitrogen and oxygen atoms in total. The van der Waals surface area contributed by atoms with E-state index in [9.17, 15) is 14.5 Å². The van der Waals surface area contributed by atoms with Crippen LogP contribution in [0, 0.1) is 21.8 Å². The van der Waals surface area contributed by atoms with Crippen molar-refractivity contribution >= 4 is 5.69 Å². The Kier molecular flexibility index (Phi) is 3.84. The molecule has 0 unspecified atom stereocenters. The van der Waals surface area contributed by atoms with Gasteiger partial charge in [0.1, 0.15) is 0 Å². The third kappa shape index (κ3) is 2.76. The number of nitrogens with two attached hydrogens (primary N) is 1. The van der Waals surface area contributed by atoms with E-state index >= 15 is 0 Å². The first-order valence-electron chi connectivity index (χ1n) is 5.93. The summed E-state index contributed by atoms with van der Waals surface area (Å²) in [6.45, 7) is 0.589. The number of nitro benzene ring substituents is 1. The van der Waals surface area contributed by atoms with Gasteiger partial charge in [-0.25, -0.2) is 4.39 Å². The quantitative estimate of drug-likeness (QED) is 0.651. The molecule has 1 aliphatic carbocycles. The van der Waals surface area contributed by atoms with E-state index in [0.29, 0.717) is 12.5 Å². The molecule has 0 aliphatic heterocycles. The molecule has 0 spiro atoms. The number of ether oxygens (including phenoxy) is 2. The minimum Gasteiger partial charge on any atom is -0.490 e. The van der Waals surface area contributed by atoms with E-state index in [1.54, 1.807) is 0 Å². The van der Waals surface area contributed by atoms with Crippen molar-refractivity contribution in [1.82, 2.24) is 0 Å². The van der Waals surface area contributed by atoms with E-state index in [1.165, 1.54) is 13.2 Å². The van der Waals surface area contributed by atoms with Crippen LogP contribution >= 0.6 is 0 Å². The van der Waals surface area contributed by atoms with Crippen LogP contribution in [-0.2, 0) is 0 Å². The van der Waals surface area contributed by atoms with Crippen molar-refractivity contribution in [2.24, 2.45) is 11.7 Å². The molecule has 1 aromatic rings. The molecular formula is C12H15FN2O4. The highest BCUT2D eigenvalue weighted by Crippen LogP contribution is 2.37. The highest BCUT2D eigenvalue weighted by Gasteiger charge is 2.31. The summed E-state index contributed by atoms with van der Waals surface area (Å²) >= 11 is 0. The topological polar surface area (TPSA) is 87.6 Å². The number of hydrogen-bond donors (Lipinski definition) is 1. The Hall–Kier alpha value is -1.89. The highest BCUT2D eigenvalue weighted by molar-refractivity contribution is 5.51. The zero-order valence-electron chi connectivity index (χ0n) is 10.5. The number of halogens is 1. The summed E-state index contributed by atoms with van der Waals surface area (Å²) in [6, 6.07) is 2.02. The van der Waals surface area contributed by atoms with Crippen LogP contribution in [0.25, 0.3) is 0 Å². The zero-order chi connectivity index (χ0) is 14.0. The van der Waals surface area contributed by atoms with Crippen LogP contribution in [0.4, 0.5) is 10.1 Å². The van der Waals surface area contributed by atoms with Crippen LogP contribution in [-0.4, -0.2) is 24.7 Å². The molecule has 1 aliphatic rings. The lowest BCUT2D eigenvalue weighted by Gasteiger charge is -2.34. The Balaban J connectivity index is 2.15. The van der Waals surface area contributed by atoms with Crippen LogP contribution in [0.5, 0.6) is 11.5 Å². The molecule has 7 heteroatoms. The Morgan fingerprint density at radius 3 is 2.68 bits per heavy atom. The van der Waals surface area contributed by atoms with Crippen molar-refractivity contribution in [2.45, 2.75) is 18.9 Å². The second kappa shape index (κ2) is 5.40. The molecule has 1 aromatic carbocycles. The summed E-state index contributed by atoms with van der Waals surface area (Å²) in [5.41, 5.74) is 5.08. The van der Waals surface area contributed by atoms with Crippen LogP contribution in [0.2, 0.25) is 0 Å². The van der Waals surface area contributed by atoms with Gasteiger partial charge in [-0.3, -0.25) is 10.1 Å². The van der Waals surface area contributed by atoms with Crippen molar-refractivity contribution in [3.63, 3.8) is 0 Å². The van der Waals surface area contributed by atoms with Gasteiger partial charge in [0.15, 0.2) is 11.6 Å². The van der Waals surface area contributed by atoms with E-state index in [1.807, 2.05) is 0 Å². The van der Waals surface area contributed by atoms with E-state index in [-0.39, 0.29) is 17.6 Å². The van der Waals surface area contributed by atoms with Gasteiger partial charge in [0.2, 0.25) is 5.75 Å². The largest absolute Gasteiger partial charge is 0.490 e. The minimum atomic E-state index is -0.760. The van der Waals surface area contributed by atoms with Gasteiger partial charge in [0.05, 0.1) is 24.2 Å². The summed E-state index contributed by atoms with van der Waals surface area (Å²) in [4.78, 5) is 10.0. The minimum absolute atomic E-state index is 0.0175. The molecule has 19 heavy (non-hydrogen) atoms.